The zero-order valence-corrected chi connectivity index (χ0v) is 12.5. The average Bonchev–Trinajstić information content (AvgIpc) is 2.53. The van der Waals surface area contributed by atoms with Crippen LogP contribution in [0.2, 0.25) is 0 Å². The van der Waals surface area contributed by atoms with Crippen LogP contribution in [-0.2, 0) is 9.84 Å². The molecule has 4 heteroatoms. The minimum absolute atomic E-state index is 0.229. The third-order valence-corrected chi connectivity index (χ3v) is 6.49. The summed E-state index contributed by atoms with van der Waals surface area (Å²) in [7, 11) is -3.31. The summed E-state index contributed by atoms with van der Waals surface area (Å²) in [5.74, 6) is 0. The van der Waals surface area contributed by atoms with E-state index in [0.717, 1.165) is 36.8 Å². The second-order valence-electron chi connectivity index (χ2n) is 5.65. The van der Waals surface area contributed by atoms with E-state index in [1.807, 2.05) is 26.0 Å². The number of hydrogen-bond donors (Lipinski definition) is 1. The first-order chi connectivity index (χ1) is 8.93. The number of sulfone groups is 1. The molecule has 2 atom stereocenters. The molecule has 1 aliphatic rings. The van der Waals surface area contributed by atoms with Gasteiger partial charge in [0.2, 0.25) is 0 Å². The minimum atomic E-state index is -3.31. The van der Waals surface area contributed by atoms with Gasteiger partial charge in [0.25, 0.3) is 0 Å². The first kappa shape index (κ1) is 14.5. The van der Waals surface area contributed by atoms with E-state index in [2.05, 4.69) is 0 Å². The molecule has 106 valence electrons. The fourth-order valence-corrected chi connectivity index (χ4v) is 5.13. The number of aryl methyl sites for hydroxylation is 2. The summed E-state index contributed by atoms with van der Waals surface area (Å²) >= 11 is 0. The van der Waals surface area contributed by atoms with Gasteiger partial charge in [0.1, 0.15) is 0 Å². The van der Waals surface area contributed by atoms with Crippen LogP contribution >= 0.6 is 0 Å². The summed E-state index contributed by atoms with van der Waals surface area (Å²) in [6.07, 6.45) is 4.60. The van der Waals surface area contributed by atoms with Gasteiger partial charge in [0, 0.05) is 6.04 Å². The number of benzene rings is 1. The lowest BCUT2D eigenvalue weighted by atomic mass is 10.1. The van der Waals surface area contributed by atoms with Crippen LogP contribution in [0.3, 0.4) is 0 Å². The highest BCUT2D eigenvalue weighted by atomic mass is 32.2. The molecule has 1 fully saturated rings. The summed E-state index contributed by atoms with van der Waals surface area (Å²) < 4.78 is 25.6. The second kappa shape index (κ2) is 5.63. The van der Waals surface area contributed by atoms with Gasteiger partial charge >= 0.3 is 0 Å². The summed E-state index contributed by atoms with van der Waals surface area (Å²) in [5, 5.41) is -0.420. The Balaban J connectivity index is 2.40. The molecule has 1 aromatic carbocycles. The van der Waals surface area contributed by atoms with Crippen LogP contribution in [0.4, 0.5) is 0 Å². The Morgan fingerprint density at radius 3 is 2.47 bits per heavy atom. The van der Waals surface area contributed by atoms with Crippen molar-refractivity contribution in [3.8, 4) is 0 Å². The van der Waals surface area contributed by atoms with E-state index >= 15 is 0 Å². The molecule has 0 bridgehead atoms. The monoisotopic (exact) mass is 281 g/mol. The third-order valence-electron chi connectivity index (χ3n) is 4.04. The second-order valence-corrected chi connectivity index (χ2v) is 7.79. The Morgan fingerprint density at radius 2 is 1.79 bits per heavy atom. The molecule has 1 aromatic rings. The van der Waals surface area contributed by atoms with E-state index in [1.165, 1.54) is 0 Å². The summed E-state index contributed by atoms with van der Waals surface area (Å²) in [4.78, 5) is 0.459. The smallest absolute Gasteiger partial charge is 0.183 e. The van der Waals surface area contributed by atoms with Gasteiger partial charge in [0.15, 0.2) is 9.84 Å². The Kier molecular flexibility index (Phi) is 4.31. The molecule has 0 heterocycles. The SMILES string of the molecule is Cc1ccc(S(=O)(=O)C2CCCCCC2N)c(C)c1. The number of nitrogens with two attached hydrogens (primary N) is 1. The van der Waals surface area contributed by atoms with Crippen LogP contribution in [0.25, 0.3) is 0 Å². The first-order valence-electron chi connectivity index (χ1n) is 6.99. The van der Waals surface area contributed by atoms with E-state index in [4.69, 9.17) is 5.73 Å². The highest BCUT2D eigenvalue weighted by Crippen LogP contribution is 2.29. The topological polar surface area (TPSA) is 60.2 Å². The summed E-state index contributed by atoms with van der Waals surface area (Å²) in [6, 6.07) is 5.29. The van der Waals surface area contributed by atoms with E-state index in [-0.39, 0.29) is 6.04 Å². The molecular weight excluding hydrogens is 258 g/mol. The maximum absolute atomic E-state index is 12.8. The van der Waals surface area contributed by atoms with Gasteiger partial charge in [-0.3, -0.25) is 0 Å². The van der Waals surface area contributed by atoms with Crippen molar-refractivity contribution in [3.05, 3.63) is 29.3 Å². The van der Waals surface area contributed by atoms with Crippen molar-refractivity contribution >= 4 is 9.84 Å². The molecule has 0 aromatic heterocycles. The van der Waals surface area contributed by atoms with Crippen molar-refractivity contribution < 1.29 is 8.42 Å². The molecule has 1 aliphatic carbocycles. The highest BCUT2D eigenvalue weighted by Gasteiger charge is 2.34. The van der Waals surface area contributed by atoms with Crippen molar-refractivity contribution in [2.75, 3.05) is 0 Å². The van der Waals surface area contributed by atoms with Crippen molar-refractivity contribution in [2.45, 2.75) is 62.1 Å². The number of hydrogen-bond acceptors (Lipinski definition) is 3. The zero-order chi connectivity index (χ0) is 14.0. The molecule has 3 nitrogen and oxygen atoms in total. The van der Waals surface area contributed by atoms with Crippen molar-refractivity contribution in [2.24, 2.45) is 5.73 Å². The highest BCUT2D eigenvalue weighted by molar-refractivity contribution is 7.92. The molecule has 2 unspecified atom stereocenters. The largest absolute Gasteiger partial charge is 0.327 e. The van der Waals surface area contributed by atoms with E-state index in [0.29, 0.717) is 11.3 Å². The lowest BCUT2D eigenvalue weighted by Gasteiger charge is -2.22. The molecule has 19 heavy (non-hydrogen) atoms. The Morgan fingerprint density at radius 1 is 1.11 bits per heavy atom. The van der Waals surface area contributed by atoms with Crippen molar-refractivity contribution in [3.63, 3.8) is 0 Å². The molecule has 2 N–H and O–H groups in total. The standard InChI is InChI=1S/C15H23NO2S/c1-11-8-9-14(12(2)10-11)19(17,18)15-7-5-3-4-6-13(15)16/h8-10,13,15H,3-7,16H2,1-2H3. The average molecular weight is 281 g/mol. The normalized spacial score (nSPS) is 25.0. The minimum Gasteiger partial charge on any atom is -0.327 e. The Hall–Kier alpha value is -0.870. The van der Waals surface area contributed by atoms with E-state index in [1.54, 1.807) is 6.07 Å². The van der Waals surface area contributed by atoms with Crippen LogP contribution in [0.5, 0.6) is 0 Å². The summed E-state index contributed by atoms with van der Waals surface area (Å²) in [6.45, 7) is 3.84. The van der Waals surface area contributed by atoms with Gasteiger partial charge in [0.05, 0.1) is 10.1 Å². The van der Waals surface area contributed by atoms with Crippen molar-refractivity contribution in [1.82, 2.24) is 0 Å². The molecule has 0 aliphatic heterocycles. The van der Waals surface area contributed by atoms with Crippen LogP contribution in [0, 0.1) is 13.8 Å². The molecular formula is C15H23NO2S. The van der Waals surface area contributed by atoms with Gasteiger partial charge < -0.3 is 5.73 Å². The van der Waals surface area contributed by atoms with Gasteiger partial charge in [-0.05, 0) is 38.3 Å². The zero-order valence-electron chi connectivity index (χ0n) is 11.7. The fraction of sp³-hybridized carbons (Fsp3) is 0.600. The van der Waals surface area contributed by atoms with Gasteiger partial charge in [-0.2, -0.15) is 0 Å². The lowest BCUT2D eigenvalue weighted by Crippen LogP contribution is -2.39. The van der Waals surface area contributed by atoms with Gasteiger partial charge in [-0.25, -0.2) is 8.42 Å². The lowest BCUT2D eigenvalue weighted by molar-refractivity contribution is 0.531. The van der Waals surface area contributed by atoms with Crippen LogP contribution < -0.4 is 5.73 Å². The summed E-state index contributed by atoms with van der Waals surface area (Å²) in [5.41, 5.74) is 8.02. The third kappa shape index (κ3) is 3.00. The predicted molar refractivity (Wildman–Crippen MR) is 78.0 cm³/mol. The van der Waals surface area contributed by atoms with E-state index in [9.17, 15) is 8.42 Å². The quantitative estimate of drug-likeness (QED) is 0.848. The predicted octanol–water partition coefficient (Wildman–Crippen LogP) is 2.74. The van der Waals surface area contributed by atoms with Crippen LogP contribution in [-0.4, -0.2) is 19.7 Å². The molecule has 0 saturated heterocycles. The molecule has 1 saturated carbocycles. The van der Waals surface area contributed by atoms with Gasteiger partial charge in [-0.1, -0.05) is 37.0 Å². The van der Waals surface area contributed by atoms with Crippen molar-refractivity contribution in [1.29, 1.82) is 0 Å². The van der Waals surface area contributed by atoms with Crippen LogP contribution in [0.1, 0.15) is 43.2 Å². The van der Waals surface area contributed by atoms with Gasteiger partial charge in [-0.15, -0.1) is 0 Å². The Labute approximate surface area is 116 Å². The van der Waals surface area contributed by atoms with Crippen LogP contribution in [0.15, 0.2) is 23.1 Å². The van der Waals surface area contributed by atoms with E-state index < -0.39 is 15.1 Å². The fourth-order valence-electron chi connectivity index (χ4n) is 2.97. The molecule has 0 spiro atoms. The Bertz CT molecular complexity index is 551. The first-order valence-corrected chi connectivity index (χ1v) is 8.54. The number of rotatable bonds is 2. The molecule has 0 amide bonds. The molecule has 2 rings (SSSR count). The maximum Gasteiger partial charge on any atom is 0.183 e. The molecule has 0 radical (unpaired) electrons. The maximum atomic E-state index is 12.8.